The first-order valence-electron chi connectivity index (χ1n) is 11.2. The molecule has 9 heteroatoms. The molecule has 2 fully saturated rings. The second-order valence-electron chi connectivity index (χ2n) is 8.72. The molecule has 2 atom stereocenters. The summed E-state index contributed by atoms with van der Waals surface area (Å²) in [7, 11) is -3.41. The number of rotatable bonds is 9. The predicted octanol–water partition coefficient (Wildman–Crippen LogP) is 1.74. The molecule has 0 spiro atoms. The quantitative estimate of drug-likeness (QED) is 0.599. The molecule has 2 aliphatic rings. The van der Waals surface area contributed by atoms with E-state index in [4.69, 9.17) is 10.00 Å². The minimum atomic E-state index is -3.41. The Hall–Kier alpha value is -2.35. The van der Waals surface area contributed by atoms with Crippen molar-refractivity contribution in [2.75, 3.05) is 45.0 Å². The maximum absolute atomic E-state index is 13.1. The molecule has 0 radical (unpaired) electrons. The molecule has 0 aromatic heterocycles. The predicted molar refractivity (Wildman–Crippen MR) is 123 cm³/mol. The summed E-state index contributed by atoms with van der Waals surface area (Å²) in [4.78, 5) is 4.56. The molecule has 2 aromatic carbocycles. The minimum absolute atomic E-state index is 0.0387. The lowest BCUT2D eigenvalue weighted by Gasteiger charge is -2.45. The van der Waals surface area contributed by atoms with Crippen LogP contribution in [-0.2, 0) is 27.7 Å². The number of fused-ring (bicyclic) bond motifs is 2. The fourth-order valence-corrected chi connectivity index (χ4v) is 5.41. The van der Waals surface area contributed by atoms with Crippen molar-refractivity contribution in [2.45, 2.75) is 25.2 Å². The van der Waals surface area contributed by atoms with Crippen LogP contribution in [0.5, 0.6) is 0 Å². The van der Waals surface area contributed by atoms with Crippen LogP contribution < -0.4 is 4.72 Å². The summed E-state index contributed by atoms with van der Waals surface area (Å²) in [6.45, 7) is 4.65. The van der Waals surface area contributed by atoms with Crippen molar-refractivity contribution in [1.29, 1.82) is 5.26 Å². The molecule has 2 aromatic rings. The molecule has 0 saturated carbocycles. The number of sulfonamides is 1. The number of ether oxygens (including phenoxy) is 1. The summed E-state index contributed by atoms with van der Waals surface area (Å²) in [5.74, 6) is -0.178. The number of nitrogens with one attached hydrogen (secondary N) is 1. The van der Waals surface area contributed by atoms with Gasteiger partial charge in [0, 0.05) is 45.8 Å². The van der Waals surface area contributed by atoms with Crippen molar-refractivity contribution in [3.05, 3.63) is 71.0 Å². The maximum atomic E-state index is 13.1. The van der Waals surface area contributed by atoms with Gasteiger partial charge < -0.3 is 4.74 Å². The van der Waals surface area contributed by atoms with Gasteiger partial charge >= 0.3 is 0 Å². The minimum Gasteiger partial charge on any atom is -0.370 e. The summed E-state index contributed by atoms with van der Waals surface area (Å²) >= 11 is 0. The van der Waals surface area contributed by atoms with Crippen LogP contribution in [0.15, 0.2) is 48.5 Å². The second kappa shape index (κ2) is 10.7. The lowest BCUT2D eigenvalue weighted by Crippen LogP contribution is -2.60. The Bertz CT molecular complexity index is 1060. The third-order valence-electron chi connectivity index (χ3n) is 6.12. The lowest BCUT2D eigenvalue weighted by molar-refractivity contribution is -0.137. The molecule has 2 saturated heterocycles. The standard InChI is InChI=1S/C24H29FN4O3S/c25-22-7-5-19(6-8-22)9-10-28-15-23-17-29(18-24(16-28)32-23)11-12-33(30,31)27-14-21-3-1-20(13-26)2-4-21/h1-8,23-24,27H,9-12,14-18H2. The van der Waals surface area contributed by atoms with Crippen molar-refractivity contribution in [3.63, 3.8) is 0 Å². The Morgan fingerprint density at radius 3 is 2.12 bits per heavy atom. The molecule has 2 unspecified atom stereocenters. The summed E-state index contributed by atoms with van der Waals surface area (Å²) in [6, 6.07) is 15.6. The average Bonchev–Trinajstić information content (AvgIpc) is 2.81. The topological polar surface area (TPSA) is 85.7 Å². The first-order chi connectivity index (χ1) is 15.9. The molecule has 7 nitrogen and oxygen atoms in total. The van der Waals surface area contributed by atoms with Gasteiger partial charge in [-0.1, -0.05) is 24.3 Å². The van der Waals surface area contributed by atoms with E-state index in [2.05, 4.69) is 14.5 Å². The van der Waals surface area contributed by atoms with Crippen molar-refractivity contribution in [2.24, 2.45) is 0 Å². The molecule has 1 N–H and O–H groups in total. The van der Waals surface area contributed by atoms with Gasteiger partial charge in [0.2, 0.25) is 10.0 Å². The summed E-state index contributed by atoms with van der Waals surface area (Å²) in [5.41, 5.74) is 2.49. The Balaban J connectivity index is 1.20. The van der Waals surface area contributed by atoms with Crippen molar-refractivity contribution in [3.8, 4) is 6.07 Å². The normalized spacial score (nSPS) is 21.6. The Morgan fingerprint density at radius 2 is 1.52 bits per heavy atom. The van der Waals surface area contributed by atoms with Gasteiger partial charge in [-0.25, -0.2) is 17.5 Å². The highest BCUT2D eigenvalue weighted by atomic mass is 32.2. The zero-order chi connectivity index (χ0) is 23.3. The van der Waals surface area contributed by atoms with Crippen LogP contribution in [-0.4, -0.2) is 75.4 Å². The van der Waals surface area contributed by atoms with Crippen LogP contribution in [0.1, 0.15) is 16.7 Å². The van der Waals surface area contributed by atoms with E-state index in [-0.39, 0.29) is 30.3 Å². The molecule has 33 heavy (non-hydrogen) atoms. The van der Waals surface area contributed by atoms with Crippen LogP contribution in [0.4, 0.5) is 4.39 Å². The van der Waals surface area contributed by atoms with Crippen LogP contribution in [0.2, 0.25) is 0 Å². The van der Waals surface area contributed by atoms with Gasteiger partial charge in [0.05, 0.1) is 29.6 Å². The largest absolute Gasteiger partial charge is 0.370 e. The highest BCUT2D eigenvalue weighted by Crippen LogP contribution is 2.19. The van der Waals surface area contributed by atoms with Gasteiger partial charge in [-0.15, -0.1) is 0 Å². The highest BCUT2D eigenvalue weighted by molar-refractivity contribution is 7.89. The van der Waals surface area contributed by atoms with Crippen LogP contribution in [0.3, 0.4) is 0 Å². The van der Waals surface area contributed by atoms with Gasteiger partial charge in [-0.3, -0.25) is 9.80 Å². The van der Waals surface area contributed by atoms with E-state index in [0.717, 1.165) is 37.2 Å². The van der Waals surface area contributed by atoms with Gasteiger partial charge in [0.25, 0.3) is 0 Å². The SMILES string of the molecule is N#Cc1ccc(CNS(=O)(=O)CCN2CC3CN(CCc4ccc(F)cc4)CC(C2)O3)cc1. The zero-order valence-corrected chi connectivity index (χ0v) is 19.3. The van der Waals surface area contributed by atoms with E-state index < -0.39 is 10.0 Å². The number of halogens is 1. The van der Waals surface area contributed by atoms with E-state index >= 15 is 0 Å². The first-order valence-corrected chi connectivity index (χ1v) is 12.8. The van der Waals surface area contributed by atoms with Gasteiger partial charge in [0.15, 0.2) is 0 Å². The van der Waals surface area contributed by atoms with Crippen molar-refractivity contribution >= 4 is 10.0 Å². The maximum Gasteiger partial charge on any atom is 0.213 e. The molecule has 2 heterocycles. The fourth-order valence-electron chi connectivity index (χ4n) is 4.38. The summed E-state index contributed by atoms with van der Waals surface area (Å²) < 4.78 is 46.7. The van der Waals surface area contributed by atoms with Crippen LogP contribution in [0, 0.1) is 17.1 Å². The van der Waals surface area contributed by atoms with E-state index in [0.29, 0.717) is 25.2 Å². The molecule has 176 valence electrons. The van der Waals surface area contributed by atoms with Crippen molar-refractivity contribution in [1.82, 2.24) is 14.5 Å². The number of hydrogen-bond acceptors (Lipinski definition) is 6. The first kappa shape index (κ1) is 23.8. The van der Waals surface area contributed by atoms with Gasteiger partial charge in [0.1, 0.15) is 5.82 Å². The van der Waals surface area contributed by atoms with E-state index in [1.54, 1.807) is 24.3 Å². The molecule has 2 aliphatic heterocycles. The van der Waals surface area contributed by atoms with Gasteiger partial charge in [-0.05, 0) is 41.8 Å². The molecule has 4 rings (SSSR count). The summed E-state index contributed by atoms with van der Waals surface area (Å²) in [5, 5.41) is 8.85. The molecule has 0 aliphatic carbocycles. The Labute approximate surface area is 194 Å². The number of nitrogens with zero attached hydrogens (tertiary/aromatic N) is 3. The Kier molecular flexibility index (Phi) is 7.73. The summed E-state index contributed by atoms with van der Waals surface area (Å²) in [6.07, 6.45) is 1.01. The van der Waals surface area contributed by atoms with Crippen LogP contribution >= 0.6 is 0 Å². The molecular weight excluding hydrogens is 443 g/mol. The number of nitriles is 1. The van der Waals surface area contributed by atoms with E-state index in [1.165, 1.54) is 12.1 Å². The lowest BCUT2D eigenvalue weighted by atomic mass is 10.1. The average molecular weight is 473 g/mol. The number of hydrogen-bond donors (Lipinski definition) is 1. The fraction of sp³-hybridized carbons (Fsp3) is 0.458. The van der Waals surface area contributed by atoms with Gasteiger partial charge in [-0.2, -0.15) is 5.26 Å². The number of benzene rings is 2. The monoisotopic (exact) mass is 472 g/mol. The Morgan fingerprint density at radius 1 is 0.939 bits per heavy atom. The van der Waals surface area contributed by atoms with Crippen molar-refractivity contribution < 1.29 is 17.5 Å². The third-order valence-corrected chi connectivity index (χ3v) is 7.42. The van der Waals surface area contributed by atoms with E-state index in [1.807, 2.05) is 18.2 Å². The third kappa shape index (κ3) is 7.06. The number of morpholine rings is 2. The molecule has 0 amide bonds. The zero-order valence-electron chi connectivity index (χ0n) is 18.5. The molecule has 2 bridgehead atoms. The second-order valence-corrected chi connectivity index (χ2v) is 10.7. The van der Waals surface area contributed by atoms with E-state index in [9.17, 15) is 12.8 Å². The van der Waals surface area contributed by atoms with Crippen LogP contribution in [0.25, 0.3) is 0 Å². The highest BCUT2D eigenvalue weighted by Gasteiger charge is 2.34. The smallest absolute Gasteiger partial charge is 0.213 e. The molecular formula is C24H29FN4O3S.